The van der Waals surface area contributed by atoms with Gasteiger partial charge < -0.3 is 4.74 Å². The van der Waals surface area contributed by atoms with Crippen LogP contribution in [0, 0.1) is 24.1 Å². The molecule has 1 saturated heterocycles. The Morgan fingerprint density at radius 3 is 2.77 bits per heavy atom. The van der Waals surface area contributed by atoms with Gasteiger partial charge in [0.2, 0.25) is 10.0 Å². The molecule has 0 aliphatic carbocycles. The lowest BCUT2D eigenvalue weighted by molar-refractivity contribution is 0.00523. The van der Waals surface area contributed by atoms with E-state index in [0.717, 1.165) is 6.07 Å². The van der Waals surface area contributed by atoms with Crippen molar-refractivity contribution in [2.24, 2.45) is 0 Å². The van der Waals surface area contributed by atoms with E-state index in [9.17, 15) is 12.8 Å². The summed E-state index contributed by atoms with van der Waals surface area (Å²) in [7, 11) is -3.82. The molecule has 0 amide bonds. The van der Waals surface area contributed by atoms with Gasteiger partial charge in [-0.25, -0.2) is 17.5 Å². The van der Waals surface area contributed by atoms with Crippen molar-refractivity contribution in [2.75, 3.05) is 6.61 Å². The van der Waals surface area contributed by atoms with E-state index in [2.05, 4.69) is 20.7 Å². The molecule has 1 aliphatic rings. The fourth-order valence-electron chi connectivity index (χ4n) is 2.23. The fraction of sp³-hybridized carbons (Fsp3) is 0.500. The molecule has 120 valence electrons. The molecule has 0 spiro atoms. The Morgan fingerprint density at radius 2 is 2.23 bits per heavy atom. The van der Waals surface area contributed by atoms with E-state index in [0.29, 0.717) is 29.3 Å². The molecule has 0 aromatic heterocycles. The van der Waals surface area contributed by atoms with Crippen LogP contribution >= 0.6 is 15.9 Å². The molecule has 1 aromatic rings. The van der Waals surface area contributed by atoms with Gasteiger partial charge in [0.1, 0.15) is 5.82 Å². The zero-order chi connectivity index (χ0) is 16.3. The molecule has 0 unspecified atom stereocenters. The maximum Gasteiger partial charge on any atom is 0.241 e. The van der Waals surface area contributed by atoms with Gasteiger partial charge in [-0.3, -0.25) is 0 Å². The predicted molar refractivity (Wildman–Crippen MR) is 82.2 cm³/mol. The summed E-state index contributed by atoms with van der Waals surface area (Å²) in [6.45, 7) is 1.77. The first-order chi connectivity index (χ1) is 10.3. The second kappa shape index (κ2) is 7.04. The lowest BCUT2D eigenvalue weighted by atomic mass is 10.0. The van der Waals surface area contributed by atoms with Crippen LogP contribution in [0.3, 0.4) is 0 Å². The average Bonchev–Trinajstić information content (AvgIpc) is 2.46. The van der Waals surface area contributed by atoms with Crippen molar-refractivity contribution in [1.29, 1.82) is 5.26 Å². The molecular weight excluding hydrogens is 375 g/mol. The fourth-order valence-corrected chi connectivity index (χ4v) is 4.11. The number of hydrogen-bond acceptors (Lipinski definition) is 4. The van der Waals surface area contributed by atoms with Crippen molar-refractivity contribution in [3.8, 4) is 6.07 Å². The Bertz CT molecular complexity index is 672. The summed E-state index contributed by atoms with van der Waals surface area (Å²) in [5.41, 5.74) is 0.360. The monoisotopic (exact) mass is 390 g/mol. The smallest absolute Gasteiger partial charge is 0.241 e. The Balaban J connectivity index is 2.08. The van der Waals surface area contributed by atoms with Crippen LogP contribution in [0.5, 0.6) is 0 Å². The van der Waals surface area contributed by atoms with Crippen LogP contribution in [0.1, 0.15) is 24.8 Å². The second-order valence-corrected chi connectivity index (χ2v) is 7.79. The lowest BCUT2D eigenvalue weighted by Crippen LogP contribution is -2.42. The van der Waals surface area contributed by atoms with Gasteiger partial charge in [-0.15, -0.1) is 0 Å². The van der Waals surface area contributed by atoms with Crippen molar-refractivity contribution >= 4 is 26.0 Å². The minimum absolute atomic E-state index is 0.123. The molecule has 0 bridgehead atoms. The van der Waals surface area contributed by atoms with E-state index in [1.54, 1.807) is 6.92 Å². The molecule has 2 rings (SSSR count). The normalized spacial score (nSPS) is 22.3. The summed E-state index contributed by atoms with van der Waals surface area (Å²) in [6, 6.07) is 4.04. The average molecular weight is 391 g/mol. The molecule has 5 nitrogen and oxygen atoms in total. The number of sulfonamides is 1. The number of benzene rings is 1. The first-order valence-electron chi connectivity index (χ1n) is 6.80. The first-order valence-corrected chi connectivity index (χ1v) is 9.07. The standard InChI is InChI=1S/C14H16BrFN2O3S/c1-9-13(15)6-12(7-14(9)16)22(19,20)18-10-2-3-11(4-5-17)21-8-10/h6-7,10-11,18H,2-4,8H2,1H3/t10-,11+/m0/s1. The highest BCUT2D eigenvalue weighted by molar-refractivity contribution is 9.10. The number of hydrogen-bond donors (Lipinski definition) is 1. The predicted octanol–water partition coefficient (Wildman–Crippen LogP) is 2.64. The zero-order valence-electron chi connectivity index (χ0n) is 12.0. The van der Waals surface area contributed by atoms with E-state index < -0.39 is 15.8 Å². The highest BCUT2D eigenvalue weighted by atomic mass is 79.9. The van der Waals surface area contributed by atoms with Gasteiger partial charge in [0.25, 0.3) is 0 Å². The van der Waals surface area contributed by atoms with Gasteiger partial charge >= 0.3 is 0 Å². The van der Waals surface area contributed by atoms with Crippen LogP contribution in [0.25, 0.3) is 0 Å². The minimum Gasteiger partial charge on any atom is -0.375 e. The zero-order valence-corrected chi connectivity index (χ0v) is 14.4. The van der Waals surface area contributed by atoms with Gasteiger partial charge in [-0.1, -0.05) is 15.9 Å². The van der Waals surface area contributed by atoms with Crippen LogP contribution in [0.4, 0.5) is 4.39 Å². The van der Waals surface area contributed by atoms with E-state index in [1.165, 1.54) is 6.07 Å². The van der Waals surface area contributed by atoms with Crippen LogP contribution in [-0.4, -0.2) is 27.2 Å². The minimum atomic E-state index is -3.82. The van der Waals surface area contributed by atoms with Gasteiger partial charge in [-0.2, -0.15) is 5.26 Å². The van der Waals surface area contributed by atoms with Crippen molar-refractivity contribution < 1.29 is 17.5 Å². The molecule has 8 heteroatoms. The summed E-state index contributed by atoms with van der Waals surface area (Å²) < 4.78 is 46.7. The SMILES string of the molecule is Cc1c(F)cc(S(=O)(=O)N[C@H]2CC[C@H](CC#N)OC2)cc1Br. The van der Waals surface area contributed by atoms with Crippen LogP contribution in [0.2, 0.25) is 0 Å². The highest BCUT2D eigenvalue weighted by Gasteiger charge is 2.27. The second-order valence-electron chi connectivity index (χ2n) is 5.23. The van der Waals surface area contributed by atoms with Crippen molar-refractivity contribution in [3.05, 3.63) is 28.0 Å². The van der Waals surface area contributed by atoms with Crippen molar-refractivity contribution in [2.45, 2.75) is 43.2 Å². The third-order valence-electron chi connectivity index (χ3n) is 3.58. The molecule has 22 heavy (non-hydrogen) atoms. The van der Waals surface area contributed by atoms with E-state index in [1.807, 2.05) is 6.07 Å². The van der Waals surface area contributed by atoms with Gasteiger partial charge in [0.05, 0.1) is 30.1 Å². The molecule has 1 aliphatic heterocycles. The Labute approximate surface area is 137 Å². The van der Waals surface area contributed by atoms with Crippen LogP contribution in [0.15, 0.2) is 21.5 Å². The molecule has 1 fully saturated rings. The summed E-state index contributed by atoms with van der Waals surface area (Å²) in [5, 5.41) is 8.61. The Hall–Kier alpha value is -1.01. The van der Waals surface area contributed by atoms with Crippen LogP contribution in [-0.2, 0) is 14.8 Å². The number of nitriles is 1. The molecule has 2 atom stereocenters. The quantitative estimate of drug-likeness (QED) is 0.856. The molecule has 1 heterocycles. The maximum atomic E-state index is 13.7. The molecule has 1 aromatic carbocycles. The van der Waals surface area contributed by atoms with E-state index in [4.69, 9.17) is 10.00 Å². The third-order valence-corrected chi connectivity index (χ3v) is 5.90. The Kier molecular flexibility index (Phi) is 5.55. The molecule has 0 saturated carbocycles. The summed E-state index contributed by atoms with van der Waals surface area (Å²) in [4.78, 5) is -0.123. The number of ether oxygens (including phenoxy) is 1. The summed E-state index contributed by atoms with van der Waals surface area (Å²) >= 11 is 3.15. The molecule has 0 radical (unpaired) electrons. The van der Waals surface area contributed by atoms with Gasteiger partial charge in [0.15, 0.2) is 0 Å². The number of nitrogens with one attached hydrogen (secondary N) is 1. The Morgan fingerprint density at radius 1 is 1.50 bits per heavy atom. The van der Waals surface area contributed by atoms with Crippen LogP contribution < -0.4 is 4.72 Å². The van der Waals surface area contributed by atoms with Gasteiger partial charge in [0, 0.05) is 10.5 Å². The van der Waals surface area contributed by atoms with Gasteiger partial charge in [-0.05, 0) is 37.5 Å². The molecular formula is C14H16BrFN2O3S. The summed E-state index contributed by atoms with van der Waals surface area (Å²) in [5.74, 6) is -0.580. The highest BCUT2D eigenvalue weighted by Crippen LogP contribution is 2.24. The first kappa shape index (κ1) is 17.3. The topological polar surface area (TPSA) is 79.2 Å². The van der Waals surface area contributed by atoms with Crippen molar-refractivity contribution in [1.82, 2.24) is 4.72 Å². The largest absolute Gasteiger partial charge is 0.375 e. The number of rotatable bonds is 4. The number of halogens is 2. The molecule has 1 N–H and O–H groups in total. The van der Waals surface area contributed by atoms with Crippen molar-refractivity contribution in [3.63, 3.8) is 0 Å². The third kappa shape index (κ3) is 4.04. The van der Waals surface area contributed by atoms with E-state index >= 15 is 0 Å². The summed E-state index contributed by atoms with van der Waals surface area (Å²) in [6.07, 6.45) is 1.36. The maximum absolute atomic E-state index is 13.7. The number of nitrogens with zero attached hydrogens (tertiary/aromatic N) is 1. The van der Waals surface area contributed by atoms with E-state index in [-0.39, 0.29) is 23.6 Å². The lowest BCUT2D eigenvalue weighted by Gasteiger charge is -2.28.